The quantitative estimate of drug-likeness (QED) is 0.815. The molecule has 0 aromatic heterocycles. The summed E-state index contributed by atoms with van der Waals surface area (Å²) in [4.78, 5) is 0.152. The molecule has 0 bridgehead atoms. The van der Waals surface area contributed by atoms with Crippen molar-refractivity contribution in [1.82, 2.24) is 4.31 Å². The first-order chi connectivity index (χ1) is 9.46. The fraction of sp³-hybridized carbons (Fsp3) is 0.571. The summed E-state index contributed by atoms with van der Waals surface area (Å²) in [7, 11) is -3.57. The molecule has 1 fully saturated rings. The molecule has 1 aromatic carbocycles. The van der Waals surface area contributed by atoms with Crippen LogP contribution in [0.2, 0.25) is 0 Å². The second-order valence-corrected chi connectivity index (χ2v) is 7.82. The lowest BCUT2D eigenvalue weighted by Crippen LogP contribution is -2.39. The van der Waals surface area contributed by atoms with Crippen LogP contribution < -0.4 is 0 Å². The molecule has 2 rings (SSSR count). The third-order valence-corrected chi connectivity index (χ3v) is 6.70. The van der Waals surface area contributed by atoms with Crippen LogP contribution in [0.3, 0.4) is 0 Å². The van der Waals surface area contributed by atoms with E-state index in [0.29, 0.717) is 6.54 Å². The zero-order valence-electron chi connectivity index (χ0n) is 11.5. The lowest BCUT2D eigenvalue weighted by atomic mass is 10.1. The lowest BCUT2D eigenvalue weighted by molar-refractivity contribution is 0.315. The molecule has 6 heteroatoms. The summed E-state index contributed by atoms with van der Waals surface area (Å²) in [5, 5.41) is 0. The highest BCUT2D eigenvalue weighted by atomic mass is 79.9. The van der Waals surface area contributed by atoms with Crippen molar-refractivity contribution >= 4 is 26.0 Å². The molecule has 0 radical (unpaired) electrons. The van der Waals surface area contributed by atoms with Crippen molar-refractivity contribution in [3.63, 3.8) is 0 Å². The Bertz CT molecular complexity index is 577. The summed E-state index contributed by atoms with van der Waals surface area (Å²) in [6.45, 7) is 2.56. The minimum Gasteiger partial charge on any atom is -0.207 e. The summed E-state index contributed by atoms with van der Waals surface area (Å²) in [6, 6.07) is 3.77. The molecule has 1 saturated heterocycles. The number of nitrogens with zero attached hydrogens (tertiary/aromatic N) is 1. The molecular weight excluding hydrogens is 345 g/mol. The minimum atomic E-state index is -3.57. The predicted molar refractivity (Wildman–Crippen MR) is 80.5 cm³/mol. The summed E-state index contributed by atoms with van der Waals surface area (Å²) >= 11 is 3.17. The van der Waals surface area contributed by atoms with Crippen molar-refractivity contribution in [2.45, 2.75) is 50.0 Å². The third kappa shape index (κ3) is 3.23. The predicted octanol–water partition coefficient (Wildman–Crippen LogP) is 3.93. The van der Waals surface area contributed by atoms with Crippen molar-refractivity contribution in [3.05, 3.63) is 28.5 Å². The van der Waals surface area contributed by atoms with Crippen LogP contribution in [0.25, 0.3) is 0 Å². The van der Waals surface area contributed by atoms with Gasteiger partial charge in [0.15, 0.2) is 0 Å². The Morgan fingerprint density at radius 2 is 2.10 bits per heavy atom. The molecule has 0 saturated carbocycles. The Kier molecular flexibility index (Phi) is 5.20. The Hall–Kier alpha value is -0.460. The van der Waals surface area contributed by atoms with Gasteiger partial charge in [-0.3, -0.25) is 0 Å². The van der Waals surface area contributed by atoms with Gasteiger partial charge in [0.2, 0.25) is 10.0 Å². The smallest absolute Gasteiger partial charge is 0.207 e. The van der Waals surface area contributed by atoms with Gasteiger partial charge in [0.05, 0.1) is 4.90 Å². The van der Waals surface area contributed by atoms with E-state index in [4.69, 9.17) is 0 Å². The molecule has 0 N–H and O–H groups in total. The fourth-order valence-corrected chi connectivity index (χ4v) is 5.46. The van der Waals surface area contributed by atoms with Gasteiger partial charge >= 0.3 is 0 Å². The summed E-state index contributed by atoms with van der Waals surface area (Å²) in [5.41, 5.74) is 0. The molecule has 20 heavy (non-hydrogen) atoms. The number of sulfonamides is 1. The molecule has 3 nitrogen and oxygen atoms in total. The standard InChI is InChI=1S/C14H19BrFNO2S/c1-2-12-6-4-3-5-9-17(12)20(18,19)14-8-7-11(16)10-13(14)15/h7-8,10,12H,2-6,9H2,1H3. The average molecular weight is 364 g/mol. The van der Waals surface area contributed by atoms with E-state index in [1.54, 1.807) is 4.31 Å². The highest BCUT2D eigenvalue weighted by molar-refractivity contribution is 9.10. The normalized spacial score (nSPS) is 21.6. The average Bonchev–Trinajstić information content (AvgIpc) is 2.63. The van der Waals surface area contributed by atoms with Gasteiger partial charge in [0.25, 0.3) is 0 Å². The second-order valence-electron chi connectivity index (χ2n) is 5.10. The van der Waals surface area contributed by atoms with Gasteiger partial charge in [-0.05, 0) is 53.4 Å². The van der Waals surface area contributed by atoms with E-state index < -0.39 is 15.8 Å². The highest BCUT2D eigenvalue weighted by Gasteiger charge is 2.32. The van der Waals surface area contributed by atoms with E-state index in [9.17, 15) is 12.8 Å². The first-order valence-electron chi connectivity index (χ1n) is 6.93. The maximum Gasteiger partial charge on any atom is 0.244 e. The number of halogens is 2. The van der Waals surface area contributed by atoms with E-state index in [1.807, 2.05) is 6.92 Å². The van der Waals surface area contributed by atoms with Crippen molar-refractivity contribution in [1.29, 1.82) is 0 Å². The van der Waals surface area contributed by atoms with Gasteiger partial charge in [-0.2, -0.15) is 4.31 Å². The molecule has 1 aliphatic heterocycles. The van der Waals surface area contributed by atoms with Gasteiger partial charge in [0, 0.05) is 17.1 Å². The summed E-state index contributed by atoms with van der Waals surface area (Å²) in [6.07, 6.45) is 4.71. The van der Waals surface area contributed by atoms with Gasteiger partial charge in [0.1, 0.15) is 5.82 Å². The van der Waals surface area contributed by atoms with Crippen LogP contribution in [-0.4, -0.2) is 25.3 Å². The first-order valence-corrected chi connectivity index (χ1v) is 9.17. The van der Waals surface area contributed by atoms with Crippen molar-refractivity contribution < 1.29 is 12.8 Å². The molecule has 0 amide bonds. The van der Waals surface area contributed by atoms with Crippen LogP contribution in [0.1, 0.15) is 39.0 Å². The van der Waals surface area contributed by atoms with Gasteiger partial charge in [-0.1, -0.05) is 19.8 Å². The molecular formula is C14H19BrFNO2S. The molecule has 112 valence electrons. The Balaban J connectivity index is 2.41. The topological polar surface area (TPSA) is 37.4 Å². The van der Waals surface area contributed by atoms with E-state index in [1.165, 1.54) is 18.2 Å². The molecule has 0 aliphatic carbocycles. The Morgan fingerprint density at radius 1 is 1.35 bits per heavy atom. The van der Waals surface area contributed by atoms with Crippen LogP contribution in [0, 0.1) is 5.82 Å². The zero-order chi connectivity index (χ0) is 14.8. The molecule has 1 unspecified atom stereocenters. The number of benzene rings is 1. The summed E-state index contributed by atoms with van der Waals surface area (Å²) in [5.74, 6) is -0.446. The third-order valence-electron chi connectivity index (χ3n) is 3.77. The largest absolute Gasteiger partial charge is 0.244 e. The van der Waals surface area contributed by atoms with E-state index >= 15 is 0 Å². The zero-order valence-corrected chi connectivity index (χ0v) is 13.9. The maximum absolute atomic E-state index is 13.1. The number of hydrogen-bond donors (Lipinski definition) is 0. The van der Waals surface area contributed by atoms with Crippen molar-refractivity contribution in [2.75, 3.05) is 6.54 Å². The Labute approximate surface area is 128 Å². The molecule has 1 aromatic rings. The molecule has 1 heterocycles. The summed E-state index contributed by atoms with van der Waals surface area (Å²) < 4.78 is 40.7. The lowest BCUT2D eigenvalue weighted by Gasteiger charge is -2.28. The second kappa shape index (κ2) is 6.54. The molecule has 1 atom stereocenters. The van der Waals surface area contributed by atoms with Gasteiger partial charge in [-0.15, -0.1) is 0 Å². The highest BCUT2D eigenvalue weighted by Crippen LogP contribution is 2.30. The first kappa shape index (κ1) is 15.9. The van der Waals surface area contributed by atoms with Crippen molar-refractivity contribution in [3.8, 4) is 0 Å². The minimum absolute atomic E-state index is 0.0412. The number of rotatable bonds is 3. The Morgan fingerprint density at radius 3 is 2.75 bits per heavy atom. The molecule has 1 aliphatic rings. The van der Waals surface area contributed by atoms with Gasteiger partial charge < -0.3 is 0 Å². The van der Waals surface area contributed by atoms with Crippen LogP contribution >= 0.6 is 15.9 Å². The van der Waals surface area contributed by atoms with Crippen LogP contribution in [0.15, 0.2) is 27.6 Å². The number of hydrogen-bond acceptors (Lipinski definition) is 2. The van der Waals surface area contributed by atoms with Gasteiger partial charge in [-0.25, -0.2) is 12.8 Å². The van der Waals surface area contributed by atoms with Crippen LogP contribution in [-0.2, 0) is 10.0 Å². The van der Waals surface area contributed by atoms with Crippen LogP contribution in [0.4, 0.5) is 4.39 Å². The van der Waals surface area contributed by atoms with Crippen molar-refractivity contribution in [2.24, 2.45) is 0 Å². The van der Waals surface area contributed by atoms with E-state index in [0.717, 1.165) is 32.1 Å². The van der Waals surface area contributed by atoms with E-state index in [-0.39, 0.29) is 15.4 Å². The monoisotopic (exact) mass is 363 g/mol. The van der Waals surface area contributed by atoms with Crippen LogP contribution in [0.5, 0.6) is 0 Å². The fourth-order valence-electron chi connectivity index (χ4n) is 2.69. The van der Waals surface area contributed by atoms with E-state index in [2.05, 4.69) is 15.9 Å². The molecule has 0 spiro atoms. The SMILES string of the molecule is CCC1CCCCCN1S(=O)(=O)c1ccc(F)cc1Br. The maximum atomic E-state index is 13.1.